The van der Waals surface area contributed by atoms with E-state index in [4.69, 9.17) is 31.6 Å². The van der Waals surface area contributed by atoms with E-state index < -0.39 is 93.6 Å². The topological polar surface area (TPSA) is 191 Å². The Bertz CT molecular complexity index is 4870. The van der Waals surface area contributed by atoms with Crippen molar-refractivity contribution in [3.63, 3.8) is 0 Å². The average molecular weight is 2250 g/mol. The zero-order valence-corrected chi connectivity index (χ0v) is 91.1. The van der Waals surface area contributed by atoms with E-state index in [-0.39, 0.29) is 34.1 Å². The fourth-order valence-corrected chi connectivity index (χ4v) is 37.0. The number of hydrogen-bond donors (Lipinski definition) is 4. The van der Waals surface area contributed by atoms with E-state index in [1.807, 2.05) is 0 Å². The van der Waals surface area contributed by atoms with Crippen LogP contribution in [0, 0.1) is 68.0 Å². The monoisotopic (exact) mass is 2250 g/mol. The van der Waals surface area contributed by atoms with Gasteiger partial charge < -0.3 is 69.1 Å². The predicted octanol–water partition coefficient (Wildman–Crippen LogP) is 24.9. The van der Waals surface area contributed by atoms with Crippen molar-refractivity contribution in [2.45, 2.75) is 41.5 Å². The van der Waals surface area contributed by atoms with Gasteiger partial charge in [-0.3, -0.25) is 0 Å². The van der Waals surface area contributed by atoms with Crippen LogP contribution < -0.4 is 104 Å². The van der Waals surface area contributed by atoms with Crippen LogP contribution >= 0.6 is 64.6 Å². The smallest absolute Gasteiger partial charge is 0.418 e. The van der Waals surface area contributed by atoms with Crippen molar-refractivity contribution < 1.29 is 103 Å². The summed E-state index contributed by atoms with van der Waals surface area (Å²) in [5.74, 6) is 0. The molecule has 0 fully saturated rings. The van der Waals surface area contributed by atoms with Crippen molar-refractivity contribution in [2.75, 3.05) is 0 Å². The van der Waals surface area contributed by atoms with E-state index in [2.05, 4.69) is 505 Å². The average Bonchev–Trinajstić information content (AvgIpc) is 0.825. The van der Waals surface area contributed by atoms with E-state index in [9.17, 15) is 69.1 Å². The summed E-state index contributed by atoms with van der Waals surface area (Å²) in [5.41, 5.74) is 0. The summed E-state index contributed by atoms with van der Waals surface area (Å²) in [7, 11) is -32.8. The van der Waals surface area contributed by atoms with Gasteiger partial charge in [0.15, 0.2) is 64.6 Å². The van der Waals surface area contributed by atoms with Gasteiger partial charge in [-0.2, -0.15) is 31.6 Å². The molecule has 16 aromatic carbocycles. The van der Waals surface area contributed by atoms with Gasteiger partial charge in [-0.1, -0.05) is 311 Å². The molecule has 148 heavy (non-hydrogen) atoms. The van der Waals surface area contributed by atoms with Crippen LogP contribution in [0.5, 0.6) is 0 Å². The summed E-state index contributed by atoms with van der Waals surface area (Å²) < 4.78 is 156. The summed E-state index contributed by atoms with van der Waals surface area (Å²) >= 11 is 0. The fraction of sp³-hybridized carbons (Fsp3) is 0.0556. The maximum absolute atomic E-state index is 9.75. The standard InChI is InChI=1S/4C24H21NP2.6C2H3N.4BF4.2Fe/c4*1-5-13-21(14-6-1)26(22-15-7-2-8-16-22)25-27(23-17-9-3-10-18-23)24-19-11-4-12-20-24;6*1-2-3;4*2-1(3,4)5;;/h4*1-20,25H;6*1H3;;;;;;/q;;;;;;;;;;4*-1;2*+2/p+8. The molecule has 0 unspecified atom stereocenters. The third kappa shape index (κ3) is 61.6. The maximum Gasteiger partial charge on any atom is 2.00 e. The third-order valence-corrected chi connectivity index (χ3v) is 40.6. The second kappa shape index (κ2) is 80.0. The molecule has 0 saturated carbocycles. The van der Waals surface area contributed by atoms with Gasteiger partial charge in [-0.05, 0) is 194 Å². The van der Waals surface area contributed by atoms with Crippen molar-refractivity contribution in [3.05, 3.63) is 485 Å². The van der Waals surface area contributed by atoms with Crippen LogP contribution in [0.25, 0.3) is 0 Å². The first kappa shape index (κ1) is 134. The van der Waals surface area contributed by atoms with Gasteiger partial charge in [0.2, 0.25) is 0 Å². The predicted molar refractivity (Wildman–Crippen MR) is 605 cm³/mol. The Hall–Kier alpha value is -12.1. The molecular formula is C108H110B4F16Fe2N10P8+8. The molecule has 764 valence electrons. The molecule has 0 saturated heterocycles. The minimum Gasteiger partial charge on any atom is -0.418 e. The van der Waals surface area contributed by atoms with E-state index in [1.54, 1.807) is 36.4 Å². The van der Waals surface area contributed by atoms with Gasteiger partial charge in [0.1, 0.15) is 84.9 Å². The Balaban J connectivity index is 0.000000878. The first-order chi connectivity index (χ1) is 70.1. The van der Waals surface area contributed by atoms with Gasteiger partial charge in [-0.25, -0.2) is 0 Å². The Morgan fingerprint density at radius 3 is 0.216 bits per heavy atom. The molecule has 0 spiro atoms. The molecule has 0 bridgehead atoms. The minimum atomic E-state index is -6.00. The van der Waals surface area contributed by atoms with Crippen LogP contribution in [0.3, 0.4) is 0 Å². The number of benzene rings is 16. The first-order valence-corrected chi connectivity index (χ1v) is 56.4. The summed E-state index contributed by atoms with van der Waals surface area (Å²) in [5, 5.41) is 66.2. The first-order valence-electron chi connectivity index (χ1n) is 44.4. The Kier molecular flexibility index (Phi) is 72.4. The Labute approximate surface area is 889 Å². The van der Waals surface area contributed by atoms with Gasteiger partial charge in [0, 0.05) is 41.5 Å². The molecule has 16 aromatic rings. The second-order valence-electron chi connectivity index (χ2n) is 28.7. The van der Waals surface area contributed by atoms with Gasteiger partial charge in [0.25, 0.3) is 0 Å². The fourth-order valence-electron chi connectivity index (χ4n) is 12.7. The number of nitrogens with one attached hydrogen (secondary N) is 4. The van der Waals surface area contributed by atoms with E-state index in [0.29, 0.717) is 0 Å². The van der Waals surface area contributed by atoms with Crippen molar-refractivity contribution in [3.8, 4) is 36.4 Å². The van der Waals surface area contributed by atoms with E-state index in [1.165, 1.54) is 126 Å². The van der Waals surface area contributed by atoms with Gasteiger partial charge in [0.05, 0.1) is 36.4 Å². The SMILES string of the molecule is CC#N.CC#N.CC#N.CC#N.CC#N.CC#N.F[B-](F)(F)F.F[B-](F)(F)F.F[B-](F)(F)F.F[B-](F)(F)F.[Fe+2].[Fe+2].c1ccc([PH+](N[PH+](c2ccccc2)c2ccccc2)c2ccccc2)cc1.c1ccc([PH+](N[PH+](c2ccccc2)c2ccccc2)c2ccccc2)cc1.c1ccc([PH+](N[PH+](c2ccccc2)c2ccccc2)c2ccccc2)cc1.c1ccc([PH+](N[PH+](c2ccccc2)c2ccccc2)c2ccccc2)cc1. The van der Waals surface area contributed by atoms with Crippen LogP contribution in [-0.4, -0.2) is 29.0 Å². The molecule has 0 amide bonds. The molecule has 0 aliphatic carbocycles. The van der Waals surface area contributed by atoms with Crippen LogP contribution in [0.2, 0.25) is 0 Å². The number of nitriles is 6. The zero-order chi connectivity index (χ0) is 107. The minimum absolute atomic E-state index is 0. The van der Waals surface area contributed by atoms with Crippen LogP contribution in [0.1, 0.15) is 41.5 Å². The van der Waals surface area contributed by atoms with Crippen molar-refractivity contribution >= 4 is 178 Å². The number of halogens is 16. The quantitative estimate of drug-likeness (QED) is 0.0257. The zero-order valence-electron chi connectivity index (χ0n) is 80.9. The van der Waals surface area contributed by atoms with Crippen LogP contribution in [-0.2, 0) is 34.1 Å². The van der Waals surface area contributed by atoms with E-state index >= 15 is 0 Å². The second-order valence-corrected chi connectivity index (χ2v) is 47.9. The van der Waals surface area contributed by atoms with Crippen molar-refractivity contribution in [1.29, 1.82) is 31.6 Å². The molecule has 0 atom stereocenters. The molecule has 10 nitrogen and oxygen atoms in total. The van der Waals surface area contributed by atoms with Gasteiger partial charge >= 0.3 is 63.2 Å². The summed E-state index contributed by atoms with van der Waals surface area (Å²) in [6.45, 7) is 8.58. The Morgan fingerprint density at radius 2 is 0.176 bits per heavy atom. The molecular weight excluding hydrogens is 2140 g/mol. The molecule has 0 heterocycles. The summed E-state index contributed by atoms with van der Waals surface area (Å²) in [6.07, 6.45) is 0. The molecule has 0 aromatic heterocycles. The molecule has 16 rings (SSSR count). The summed E-state index contributed by atoms with van der Waals surface area (Å²) in [4.78, 5) is 16.5. The number of nitrogens with zero attached hydrogens (tertiary/aromatic N) is 6. The third-order valence-electron chi connectivity index (χ3n) is 18.0. The molecule has 40 heteroatoms. The maximum atomic E-state index is 9.75. The summed E-state index contributed by atoms with van der Waals surface area (Å²) in [6, 6.07) is 185. The van der Waals surface area contributed by atoms with Crippen molar-refractivity contribution in [1.82, 2.24) is 19.4 Å². The largest absolute Gasteiger partial charge is 2.00 e. The van der Waals surface area contributed by atoms with Crippen molar-refractivity contribution in [2.24, 2.45) is 0 Å². The van der Waals surface area contributed by atoms with Crippen LogP contribution in [0.15, 0.2) is 485 Å². The number of rotatable bonds is 24. The molecule has 0 aliphatic rings. The normalized spacial score (nSPS) is 10.0. The van der Waals surface area contributed by atoms with Gasteiger partial charge in [-0.15, -0.1) is 0 Å². The molecule has 4 N–H and O–H groups in total. The molecule has 0 radical (unpaired) electrons. The van der Waals surface area contributed by atoms with Crippen LogP contribution in [0.4, 0.5) is 69.1 Å². The number of hydrogen-bond acceptors (Lipinski definition) is 10. The van der Waals surface area contributed by atoms with E-state index in [0.717, 1.165) is 0 Å². The molecule has 0 aliphatic heterocycles. The Morgan fingerprint density at radius 1 is 0.135 bits per heavy atom.